The highest BCUT2D eigenvalue weighted by Crippen LogP contribution is 2.32. The molecule has 35 heavy (non-hydrogen) atoms. The number of thiophene rings is 1. The Hall–Kier alpha value is -4.09. The van der Waals surface area contributed by atoms with E-state index in [1.807, 2.05) is 0 Å². The van der Waals surface area contributed by atoms with Gasteiger partial charge in [0.2, 0.25) is 0 Å². The van der Waals surface area contributed by atoms with Crippen LogP contribution in [-0.2, 0) is 4.74 Å². The molecule has 0 aliphatic heterocycles. The zero-order valence-electron chi connectivity index (χ0n) is 18.4. The van der Waals surface area contributed by atoms with Crippen molar-refractivity contribution in [3.8, 4) is 5.69 Å². The van der Waals surface area contributed by atoms with E-state index >= 15 is 0 Å². The first-order valence-electron chi connectivity index (χ1n) is 10.3. The number of carbonyl (C=O) groups is 2. The zero-order valence-corrected chi connectivity index (χ0v) is 20.0. The summed E-state index contributed by atoms with van der Waals surface area (Å²) in [6.07, 6.45) is 0. The second-order valence-electron chi connectivity index (χ2n) is 7.28. The van der Waals surface area contributed by atoms with E-state index in [0.717, 1.165) is 16.0 Å². The Morgan fingerprint density at radius 3 is 2.60 bits per heavy atom. The minimum atomic E-state index is -0.731. The van der Waals surface area contributed by atoms with Crippen LogP contribution < -0.4 is 10.9 Å². The van der Waals surface area contributed by atoms with Gasteiger partial charge < -0.3 is 10.1 Å². The number of rotatable bonds is 6. The Morgan fingerprint density at radius 2 is 1.94 bits per heavy atom. The predicted octanol–water partition coefficient (Wildman–Crippen LogP) is 4.75. The standard InChI is InChI=1S/C23H17ClN4O6S/c1-3-34-23(31)19-16-11-35-21(25-20(29)15-5-4-6-17(12(15)2)28(32)33)18(16)22(30)27(26-19)14-9-7-13(24)8-10-14/h4-11H,3H2,1-2H3,(H,25,29). The summed E-state index contributed by atoms with van der Waals surface area (Å²) in [7, 11) is 0. The van der Waals surface area contributed by atoms with Crippen LogP contribution in [0.2, 0.25) is 5.02 Å². The van der Waals surface area contributed by atoms with Crippen molar-refractivity contribution in [1.82, 2.24) is 9.78 Å². The zero-order chi connectivity index (χ0) is 25.3. The summed E-state index contributed by atoms with van der Waals surface area (Å²) in [5, 5.41) is 20.5. The summed E-state index contributed by atoms with van der Waals surface area (Å²) >= 11 is 6.98. The number of hydrogen-bond donors (Lipinski definition) is 1. The number of hydrogen-bond acceptors (Lipinski definition) is 8. The molecule has 12 heteroatoms. The number of anilines is 1. The molecule has 0 bridgehead atoms. The largest absolute Gasteiger partial charge is 0.461 e. The molecule has 4 rings (SSSR count). The number of nitro benzene ring substituents is 1. The number of amides is 1. The third-order valence-electron chi connectivity index (χ3n) is 5.17. The molecule has 178 valence electrons. The van der Waals surface area contributed by atoms with Gasteiger partial charge in [0.1, 0.15) is 5.00 Å². The molecule has 1 amide bonds. The molecule has 2 aromatic carbocycles. The lowest BCUT2D eigenvalue weighted by atomic mass is 10.1. The van der Waals surface area contributed by atoms with Crippen LogP contribution in [0.1, 0.15) is 33.3 Å². The van der Waals surface area contributed by atoms with Crippen LogP contribution >= 0.6 is 22.9 Å². The van der Waals surface area contributed by atoms with Gasteiger partial charge >= 0.3 is 5.97 Å². The highest BCUT2D eigenvalue weighted by molar-refractivity contribution is 7.16. The second kappa shape index (κ2) is 9.65. The second-order valence-corrected chi connectivity index (χ2v) is 8.59. The molecule has 0 unspecified atom stereocenters. The molecule has 0 aliphatic carbocycles. The van der Waals surface area contributed by atoms with E-state index in [2.05, 4.69) is 10.4 Å². The first-order valence-corrected chi connectivity index (χ1v) is 11.5. The fourth-order valence-electron chi connectivity index (χ4n) is 3.49. The Morgan fingerprint density at radius 1 is 1.23 bits per heavy atom. The summed E-state index contributed by atoms with van der Waals surface area (Å²) in [4.78, 5) is 49.8. The number of carbonyl (C=O) groups excluding carboxylic acids is 2. The summed E-state index contributed by atoms with van der Waals surface area (Å²) < 4.78 is 6.15. The van der Waals surface area contributed by atoms with Crippen LogP contribution in [0, 0.1) is 17.0 Å². The maximum Gasteiger partial charge on any atom is 0.359 e. The van der Waals surface area contributed by atoms with Gasteiger partial charge in [0, 0.05) is 33.0 Å². The molecule has 2 aromatic heterocycles. The van der Waals surface area contributed by atoms with Gasteiger partial charge in [0.25, 0.3) is 17.2 Å². The van der Waals surface area contributed by atoms with Gasteiger partial charge in [0.05, 0.1) is 22.6 Å². The molecule has 0 saturated carbocycles. The van der Waals surface area contributed by atoms with Gasteiger partial charge in [-0.05, 0) is 44.2 Å². The SMILES string of the molecule is CCOC(=O)c1nn(-c2ccc(Cl)cc2)c(=O)c2c(NC(=O)c3cccc([N+](=O)[O-])c3C)scc12. The van der Waals surface area contributed by atoms with Crippen LogP contribution in [0.25, 0.3) is 16.5 Å². The van der Waals surface area contributed by atoms with Crippen molar-refractivity contribution in [3.05, 3.63) is 90.2 Å². The maximum atomic E-state index is 13.4. The minimum absolute atomic E-state index is 0.0550. The summed E-state index contributed by atoms with van der Waals surface area (Å²) in [6, 6.07) is 10.4. The molecule has 0 fully saturated rings. The first kappa shape index (κ1) is 24.0. The molecule has 10 nitrogen and oxygen atoms in total. The Kier molecular flexibility index (Phi) is 6.63. The van der Waals surface area contributed by atoms with Crippen LogP contribution in [0.3, 0.4) is 0 Å². The molecular weight excluding hydrogens is 496 g/mol. The van der Waals surface area contributed by atoms with Crippen LogP contribution in [0.15, 0.2) is 52.6 Å². The van der Waals surface area contributed by atoms with Gasteiger partial charge in [-0.2, -0.15) is 9.78 Å². The molecule has 0 saturated heterocycles. The van der Waals surface area contributed by atoms with E-state index in [0.29, 0.717) is 10.7 Å². The average Bonchev–Trinajstić information content (AvgIpc) is 3.24. The first-order chi connectivity index (χ1) is 16.7. The van der Waals surface area contributed by atoms with Crippen molar-refractivity contribution in [2.24, 2.45) is 0 Å². The molecule has 0 radical (unpaired) electrons. The van der Waals surface area contributed by atoms with Gasteiger partial charge in [-0.25, -0.2) is 4.79 Å². The lowest BCUT2D eigenvalue weighted by Gasteiger charge is -2.10. The average molecular weight is 513 g/mol. The van der Waals surface area contributed by atoms with Crippen molar-refractivity contribution < 1.29 is 19.2 Å². The monoisotopic (exact) mass is 512 g/mol. The Labute approximate surface area is 206 Å². The number of nitrogens with zero attached hydrogens (tertiary/aromatic N) is 3. The molecule has 0 aliphatic rings. The fourth-order valence-corrected chi connectivity index (χ4v) is 4.54. The quantitative estimate of drug-likeness (QED) is 0.224. The number of fused-ring (bicyclic) bond motifs is 1. The summed E-state index contributed by atoms with van der Waals surface area (Å²) in [5.41, 5.74) is -0.262. The molecule has 0 spiro atoms. The minimum Gasteiger partial charge on any atom is -0.461 e. The third-order valence-corrected chi connectivity index (χ3v) is 6.31. The number of nitro groups is 1. The Balaban J connectivity index is 1.87. The van der Waals surface area contributed by atoms with Crippen molar-refractivity contribution in [1.29, 1.82) is 0 Å². The van der Waals surface area contributed by atoms with Crippen LogP contribution in [0.5, 0.6) is 0 Å². The maximum absolute atomic E-state index is 13.4. The van der Waals surface area contributed by atoms with Crippen LogP contribution in [-0.4, -0.2) is 33.2 Å². The number of nitrogens with one attached hydrogen (secondary N) is 1. The highest BCUT2D eigenvalue weighted by atomic mass is 35.5. The van der Waals surface area contributed by atoms with Gasteiger partial charge in [-0.1, -0.05) is 17.7 Å². The lowest BCUT2D eigenvalue weighted by Crippen LogP contribution is -2.25. The van der Waals surface area contributed by atoms with Gasteiger partial charge in [-0.3, -0.25) is 19.7 Å². The molecule has 4 aromatic rings. The number of halogens is 1. The van der Waals surface area contributed by atoms with E-state index in [9.17, 15) is 24.5 Å². The summed E-state index contributed by atoms with van der Waals surface area (Å²) in [5.74, 6) is -1.37. The van der Waals surface area contributed by atoms with Gasteiger partial charge in [0.15, 0.2) is 5.69 Å². The van der Waals surface area contributed by atoms with Crippen molar-refractivity contribution in [2.75, 3.05) is 11.9 Å². The van der Waals surface area contributed by atoms with Crippen molar-refractivity contribution >= 4 is 56.3 Å². The third kappa shape index (κ3) is 4.51. The van der Waals surface area contributed by atoms with E-state index < -0.39 is 22.4 Å². The molecule has 0 atom stereocenters. The molecule has 2 heterocycles. The topological polar surface area (TPSA) is 133 Å². The number of benzene rings is 2. The fraction of sp³-hybridized carbons (Fsp3) is 0.130. The van der Waals surface area contributed by atoms with E-state index in [1.54, 1.807) is 31.2 Å². The normalized spacial score (nSPS) is 10.8. The van der Waals surface area contributed by atoms with Gasteiger partial charge in [-0.15, -0.1) is 11.3 Å². The van der Waals surface area contributed by atoms with E-state index in [-0.39, 0.29) is 44.9 Å². The molecule has 1 N–H and O–H groups in total. The summed E-state index contributed by atoms with van der Waals surface area (Å²) in [6.45, 7) is 3.21. The smallest absolute Gasteiger partial charge is 0.359 e. The van der Waals surface area contributed by atoms with Crippen molar-refractivity contribution in [3.63, 3.8) is 0 Å². The van der Waals surface area contributed by atoms with E-state index in [4.69, 9.17) is 16.3 Å². The lowest BCUT2D eigenvalue weighted by molar-refractivity contribution is -0.385. The number of ether oxygens (including phenoxy) is 1. The Bertz CT molecular complexity index is 1540. The number of esters is 1. The van der Waals surface area contributed by atoms with E-state index in [1.165, 1.54) is 30.5 Å². The van der Waals surface area contributed by atoms with Crippen molar-refractivity contribution in [2.45, 2.75) is 13.8 Å². The predicted molar refractivity (Wildman–Crippen MR) is 132 cm³/mol. The number of aromatic nitrogens is 2. The van der Waals surface area contributed by atoms with Crippen LogP contribution in [0.4, 0.5) is 10.7 Å². The highest BCUT2D eigenvalue weighted by Gasteiger charge is 2.24. The molecular formula is C23H17ClN4O6S.